The molecule has 2 heterocycles. The summed E-state index contributed by atoms with van der Waals surface area (Å²) in [7, 11) is 0. The second kappa shape index (κ2) is 7.52. The van der Waals surface area contributed by atoms with Crippen LogP contribution in [-0.4, -0.2) is 65.4 Å². The van der Waals surface area contributed by atoms with Crippen molar-refractivity contribution in [3.8, 4) is 0 Å². The van der Waals surface area contributed by atoms with Crippen molar-refractivity contribution in [2.24, 2.45) is 0 Å². The number of hydrogen-bond acceptors (Lipinski definition) is 5. The van der Waals surface area contributed by atoms with Crippen LogP contribution in [0.1, 0.15) is 6.92 Å². The molecule has 0 saturated carbocycles. The van der Waals surface area contributed by atoms with Crippen molar-refractivity contribution in [2.75, 3.05) is 39.3 Å². The number of hydrogen-bond donors (Lipinski definition) is 1. The zero-order valence-corrected chi connectivity index (χ0v) is 14.2. The Labute approximate surface area is 145 Å². The van der Waals surface area contributed by atoms with Crippen molar-refractivity contribution >= 4 is 22.9 Å². The highest BCUT2D eigenvalue weighted by atomic mass is 16.4. The van der Waals surface area contributed by atoms with Gasteiger partial charge in [-0.3, -0.25) is 19.1 Å². The predicted molar refractivity (Wildman–Crippen MR) is 92.2 cm³/mol. The topological polar surface area (TPSA) is 87.8 Å². The van der Waals surface area contributed by atoms with Crippen molar-refractivity contribution in [1.29, 1.82) is 0 Å². The van der Waals surface area contributed by atoms with E-state index in [0.29, 0.717) is 50.4 Å². The van der Waals surface area contributed by atoms with Gasteiger partial charge in [0.1, 0.15) is 6.54 Å². The second-order valence-corrected chi connectivity index (χ2v) is 6.03. The van der Waals surface area contributed by atoms with E-state index >= 15 is 0 Å². The Balaban J connectivity index is 1.59. The van der Waals surface area contributed by atoms with E-state index in [0.717, 1.165) is 0 Å². The zero-order chi connectivity index (χ0) is 17.8. The molecule has 0 atom stereocenters. The van der Waals surface area contributed by atoms with Crippen LogP contribution in [0.25, 0.3) is 11.1 Å². The van der Waals surface area contributed by atoms with Gasteiger partial charge in [0, 0.05) is 32.7 Å². The Hall–Kier alpha value is -2.61. The Bertz CT molecular complexity index is 817. The zero-order valence-electron chi connectivity index (χ0n) is 14.2. The maximum Gasteiger partial charge on any atom is 0.420 e. The normalized spacial score (nSPS) is 15.5. The van der Waals surface area contributed by atoms with Gasteiger partial charge in [0.15, 0.2) is 5.58 Å². The van der Waals surface area contributed by atoms with Crippen molar-refractivity contribution in [1.82, 2.24) is 19.7 Å². The summed E-state index contributed by atoms with van der Waals surface area (Å²) >= 11 is 0. The maximum absolute atomic E-state index is 12.5. The van der Waals surface area contributed by atoms with Crippen LogP contribution in [0.2, 0.25) is 0 Å². The minimum absolute atomic E-state index is 0.00121. The minimum atomic E-state index is -0.524. The number of piperazine rings is 1. The van der Waals surface area contributed by atoms with Gasteiger partial charge in [-0.05, 0) is 19.1 Å². The SMILES string of the molecule is CCNC(=O)CN1CCN(C(=O)Cn2c(=O)oc3ccccc32)CC1. The summed E-state index contributed by atoms with van der Waals surface area (Å²) in [6.07, 6.45) is 0. The fraction of sp³-hybridized carbons (Fsp3) is 0.471. The fourth-order valence-electron chi connectivity index (χ4n) is 3.01. The summed E-state index contributed by atoms with van der Waals surface area (Å²) in [6.45, 7) is 5.19. The number of fused-ring (bicyclic) bond motifs is 1. The fourth-order valence-corrected chi connectivity index (χ4v) is 3.01. The third-order valence-corrected chi connectivity index (χ3v) is 4.33. The number of para-hydroxylation sites is 2. The Morgan fingerprint density at radius 1 is 1.12 bits per heavy atom. The number of oxazole rings is 1. The van der Waals surface area contributed by atoms with Gasteiger partial charge in [-0.15, -0.1) is 0 Å². The van der Waals surface area contributed by atoms with Crippen molar-refractivity contribution in [2.45, 2.75) is 13.5 Å². The molecule has 134 valence electrons. The number of carbonyl (C=O) groups is 2. The van der Waals surface area contributed by atoms with Gasteiger partial charge in [0.25, 0.3) is 0 Å². The summed E-state index contributed by atoms with van der Waals surface area (Å²) in [5.41, 5.74) is 1.10. The predicted octanol–water partition coefficient (Wildman–Crippen LogP) is -0.125. The number of rotatable bonds is 5. The summed E-state index contributed by atoms with van der Waals surface area (Å²) in [5, 5.41) is 2.77. The van der Waals surface area contributed by atoms with Gasteiger partial charge in [-0.25, -0.2) is 4.79 Å². The molecule has 0 bridgehead atoms. The number of nitrogens with one attached hydrogen (secondary N) is 1. The Kier molecular flexibility index (Phi) is 5.18. The molecule has 1 aliphatic heterocycles. The molecule has 1 N–H and O–H groups in total. The van der Waals surface area contributed by atoms with Gasteiger partial charge >= 0.3 is 5.76 Å². The molecule has 3 rings (SSSR count). The molecule has 2 amide bonds. The van der Waals surface area contributed by atoms with E-state index in [1.807, 2.05) is 11.8 Å². The second-order valence-electron chi connectivity index (χ2n) is 6.03. The van der Waals surface area contributed by atoms with E-state index in [9.17, 15) is 14.4 Å². The van der Waals surface area contributed by atoms with E-state index < -0.39 is 5.76 Å². The first-order chi connectivity index (χ1) is 12.1. The quantitative estimate of drug-likeness (QED) is 0.815. The molecule has 8 nitrogen and oxygen atoms in total. The number of amides is 2. The van der Waals surface area contributed by atoms with E-state index in [-0.39, 0.29) is 18.4 Å². The largest absolute Gasteiger partial charge is 0.420 e. The molecule has 0 radical (unpaired) electrons. The smallest absolute Gasteiger partial charge is 0.408 e. The van der Waals surface area contributed by atoms with Gasteiger partial charge in [0.2, 0.25) is 11.8 Å². The van der Waals surface area contributed by atoms with Crippen LogP contribution in [0.15, 0.2) is 33.5 Å². The standard InChI is InChI=1S/C17H22N4O4/c1-2-18-15(22)11-19-7-9-20(10-8-19)16(23)12-21-13-5-3-4-6-14(13)25-17(21)24/h3-6H,2,7-12H2,1H3,(H,18,22). The van der Waals surface area contributed by atoms with Crippen LogP contribution in [0.5, 0.6) is 0 Å². The van der Waals surface area contributed by atoms with Crippen LogP contribution in [0.3, 0.4) is 0 Å². The van der Waals surface area contributed by atoms with Crippen LogP contribution >= 0.6 is 0 Å². The molecule has 1 fully saturated rings. The maximum atomic E-state index is 12.5. The molecule has 0 spiro atoms. The molecule has 1 aromatic heterocycles. The summed E-state index contributed by atoms with van der Waals surface area (Å²) in [4.78, 5) is 39.8. The highest BCUT2D eigenvalue weighted by Crippen LogP contribution is 2.12. The molecule has 25 heavy (non-hydrogen) atoms. The third-order valence-electron chi connectivity index (χ3n) is 4.33. The van der Waals surface area contributed by atoms with Crippen LogP contribution < -0.4 is 11.1 Å². The molecule has 1 aliphatic rings. The first kappa shape index (κ1) is 17.2. The first-order valence-electron chi connectivity index (χ1n) is 8.43. The van der Waals surface area contributed by atoms with E-state index in [4.69, 9.17) is 4.42 Å². The van der Waals surface area contributed by atoms with E-state index in [1.54, 1.807) is 29.2 Å². The molecule has 2 aromatic rings. The molecular formula is C17H22N4O4. The number of aromatic nitrogens is 1. The number of likely N-dealkylation sites (N-methyl/N-ethyl adjacent to an activating group) is 1. The number of benzene rings is 1. The van der Waals surface area contributed by atoms with Crippen LogP contribution in [0.4, 0.5) is 0 Å². The minimum Gasteiger partial charge on any atom is -0.408 e. The number of carbonyl (C=O) groups excluding carboxylic acids is 2. The Morgan fingerprint density at radius 3 is 2.56 bits per heavy atom. The monoisotopic (exact) mass is 346 g/mol. The number of nitrogens with zero attached hydrogens (tertiary/aromatic N) is 3. The van der Waals surface area contributed by atoms with Gasteiger partial charge < -0.3 is 14.6 Å². The Morgan fingerprint density at radius 2 is 1.84 bits per heavy atom. The summed E-state index contributed by atoms with van der Waals surface area (Å²) in [6, 6.07) is 7.05. The molecular weight excluding hydrogens is 324 g/mol. The lowest BCUT2D eigenvalue weighted by Crippen LogP contribution is -2.52. The lowest BCUT2D eigenvalue weighted by molar-refractivity contribution is -0.133. The van der Waals surface area contributed by atoms with Gasteiger partial charge in [-0.1, -0.05) is 12.1 Å². The lowest BCUT2D eigenvalue weighted by Gasteiger charge is -2.34. The highest BCUT2D eigenvalue weighted by molar-refractivity contribution is 5.80. The molecule has 0 aliphatic carbocycles. The van der Waals surface area contributed by atoms with Gasteiger partial charge in [0.05, 0.1) is 12.1 Å². The third kappa shape index (κ3) is 3.90. The average molecular weight is 346 g/mol. The lowest BCUT2D eigenvalue weighted by atomic mass is 10.3. The van der Waals surface area contributed by atoms with Crippen molar-refractivity contribution in [3.05, 3.63) is 34.8 Å². The summed E-state index contributed by atoms with van der Waals surface area (Å²) in [5.74, 6) is -0.644. The molecule has 0 unspecified atom stereocenters. The average Bonchev–Trinajstić information content (AvgIpc) is 2.91. The first-order valence-corrected chi connectivity index (χ1v) is 8.43. The van der Waals surface area contributed by atoms with Crippen LogP contribution in [-0.2, 0) is 16.1 Å². The molecule has 1 saturated heterocycles. The van der Waals surface area contributed by atoms with Crippen molar-refractivity contribution < 1.29 is 14.0 Å². The summed E-state index contributed by atoms with van der Waals surface area (Å²) < 4.78 is 6.51. The highest BCUT2D eigenvalue weighted by Gasteiger charge is 2.23. The molecule has 8 heteroatoms. The van der Waals surface area contributed by atoms with Gasteiger partial charge in [-0.2, -0.15) is 0 Å². The van der Waals surface area contributed by atoms with E-state index in [2.05, 4.69) is 5.32 Å². The van der Waals surface area contributed by atoms with Crippen LogP contribution in [0, 0.1) is 0 Å². The van der Waals surface area contributed by atoms with E-state index in [1.165, 1.54) is 4.57 Å². The molecule has 1 aromatic carbocycles. The van der Waals surface area contributed by atoms with Crippen molar-refractivity contribution in [3.63, 3.8) is 0 Å².